The van der Waals surface area contributed by atoms with Gasteiger partial charge in [0.15, 0.2) is 0 Å². The lowest BCUT2D eigenvalue weighted by molar-refractivity contribution is -0.142. The molecule has 2 amide bonds. The van der Waals surface area contributed by atoms with Crippen LogP contribution in [-0.4, -0.2) is 85.6 Å². The summed E-state index contributed by atoms with van der Waals surface area (Å²) in [4.78, 5) is 32.6. The summed E-state index contributed by atoms with van der Waals surface area (Å²) in [5.74, 6) is 0.0426. The number of amides is 2. The second-order valence-corrected chi connectivity index (χ2v) is 9.31. The minimum absolute atomic E-state index is 0.0478. The fourth-order valence-electron chi connectivity index (χ4n) is 4.27. The van der Waals surface area contributed by atoms with Crippen LogP contribution >= 0.6 is 11.3 Å². The summed E-state index contributed by atoms with van der Waals surface area (Å²) in [6, 6.07) is 7.68. The number of hydrogen-bond donors (Lipinski definition) is 0. The molecule has 0 N–H and O–H groups in total. The Bertz CT molecular complexity index is 945. The van der Waals surface area contributed by atoms with E-state index in [9.17, 15) is 14.0 Å². The Morgan fingerprint density at radius 3 is 2.67 bits per heavy atom. The molecule has 0 unspecified atom stereocenters. The molecule has 2 aromatic rings. The van der Waals surface area contributed by atoms with Crippen molar-refractivity contribution in [3.05, 3.63) is 52.0 Å². The van der Waals surface area contributed by atoms with E-state index in [0.29, 0.717) is 32.1 Å². The third-order valence-electron chi connectivity index (χ3n) is 6.20. The summed E-state index contributed by atoms with van der Waals surface area (Å²) in [5.41, 5.74) is 1.09. The number of ether oxygens (including phenoxy) is 2. The molecule has 1 aromatic heterocycles. The Kier molecular flexibility index (Phi) is 7.95. The average molecular weight is 476 g/mol. The average Bonchev–Trinajstić information content (AvgIpc) is 3.30. The number of benzene rings is 1. The SMILES string of the molecule is CC(=O)N(CCN1CCOCC1)CC(=O)N1CCc2sccc2[C@H]1COc1ccc(F)cc1. The van der Waals surface area contributed by atoms with Crippen LogP contribution in [0.2, 0.25) is 0 Å². The largest absolute Gasteiger partial charge is 0.491 e. The number of nitrogens with zero attached hydrogens (tertiary/aromatic N) is 3. The zero-order chi connectivity index (χ0) is 23.2. The Labute approximate surface area is 197 Å². The van der Waals surface area contributed by atoms with E-state index in [1.807, 2.05) is 16.3 Å². The third-order valence-corrected chi connectivity index (χ3v) is 7.19. The lowest BCUT2D eigenvalue weighted by Gasteiger charge is -2.37. The van der Waals surface area contributed by atoms with E-state index in [2.05, 4.69) is 4.90 Å². The maximum atomic E-state index is 13.4. The highest BCUT2D eigenvalue weighted by Gasteiger charge is 2.33. The second kappa shape index (κ2) is 11.1. The van der Waals surface area contributed by atoms with Crippen LogP contribution in [0, 0.1) is 5.82 Å². The van der Waals surface area contributed by atoms with E-state index in [-0.39, 0.29) is 36.8 Å². The van der Waals surface area contributed by atoms with Crippen molar-refractivity contribution in [2.45, 2.75) is 19.4 Å². The van der Waals surface area contributed by atoms with Gasteiger partial charge in [-0.3, -0.25) is 14.5 Å². The Morgan fingerprint density at radius 1 is 1.18 bits per heavy atom. The Hall–Kier alpha value is -2.49. The highest BCUT2D eigenvalue weighted by atomic mass is 32.1. The highest BCUT2D eigenvalue weighted by Crippen LogP contribution is 2.34. The van der Waals surface area contributed by atoms with Crippen molar-refractivity contribution in [3.8, 4) is 5.75 Å². The summed E-state index contributed by atoms with van der Waals surface area (Å²) in [6.07, 6.45) is 0.791. The molecule has 4 rings (SSSR count). The normalized spacial score (nSPS) is 18.6. The minimum atomic E-state index is -0.321. The Balaban J connectivity index is 1.42. The first kappa shape index (κ1) is 23.7. The fraction of sp³-hybridized carbons (Fsp3) is 0.500. The quantitative estimate of drug-likeness (QED) is 0.587. The van der Waals surface area contributed by atoms with Crippen LogP contribution in [0.4, 0.5) is 4.39 Å². The molecule has 3 heterocycles. The number of hydrogen-bond acceptors (Lipinski definition) is 6. The number of thiophene rings is 1. The molecule has 0 bridgehead atoms. The Morgan fingerprint density at radius 2 is 1.94 bits per heavy atom. The molecule has 0 aliphatic carbocycles. The standard InChI is InChI=1S/C24H30FN3O4S/c1-18(29)27(10-9-26-11-13-31-14-12-26)16-24(30)28-8-6-23-21(7-15-33-23)22(28)17-32-20-4-2-19(25)3-5-20/h2-5,7,15,22H,6,8-14,16-17H2,1H3/t22-/m1/s1. The van der Waals surface area contributed by atoms with E-state index in [0.717, 1.165) is 31.6 Å². The predicted molar refractivity (Wildman–Crippen MR) is 124 cm³/mol. The molecule has 1 fully saturated rings. The molecule has 1 aromatic carbocycles. The number of carbonyl (C=O) groups excluding carboxylic acids is 2. The zero-order valence-electron chi connectivity index (χ0n) is 18.9. The van der Waals surface area contributed by atoms with Gasteiger partial charge in [-0.25, -0.2) is 4.39 Å². The van der Waals surface area contributed by atoms with Crippen molar-refractivity contribution in [2.24, 2.45) is 0 Å². The number of fused-ring (bicyclic) bond motifs is 1. The molecule has 0 saturated carbocycles. The van der Waals surface area contributed by atoms with E-state index in [1.54, 1.807) is 28.4 Å². The minimum Gasteiger partial charge on any atom is -0.491 e. The van der Waals surface area contributed by atoms with Gasteiger partial charge in [-0.05, 0) is 47.7 Å². The van der Waals surface area contributed by atoms with Crippen LogP contribution in [-0.2, 0) is 20.7 Å². The van der Waals surface area contributed by atoms with Gasteiger partial charge in [0.2, 0.25) is 11.8 Å². The maximum absolute atomic E-state index is 13.4. The molecule has 0 spiro atoms. The number of rotatable bonds is 8. The molecule has 2 aliphatic rings. The van der Waals surface area contributed by atoms with Gasteiger partial charge < -0.3 is 19.3 Å². The molecule has 2 aliphatic heterocycles. The summed E-state index contributed by atoms with van der Waals surface area (Å²) in [7, 11) is 0. The van der Waals surface area contributed by atoms with Crippen LogP contribution in [0.15, 0.2) is 35.7 Å². The van der Waals surface area contributed by atoms with Crippen molar-refractivity contribution in [1.82, 2.24) is 14.7 Å². The summed E-state index contributed by atoms with van der Waals surface area (Å²) < 4.78 is 24.5. The molecule has 9 heteroatoms. The van der Waals surface area contributed by atoms with E-state index in [4.69, 9.17) is 9.47 Å². The third kappa shape index (κ3) is 6.10. The molecule has 1 atom stereocenters. The van der Waals surface area contributed by atoms with Gasteiger partial charge in [-0.1, -0.05) is 0 Å². The summed E-state index contributed by atoms with van der Waals surface area (Å²) in [6.45, 7) is 6.73. The van der Waals surface area contributed by atoms with Crippen LogP contribution in [0.1, 0.15) is 23.4 Å². The van der Waals surface area contributed by atoms with Gasteiger partial charge >= 0.3 is 0 Å². The van der Waals surface area contributed by atoms with Crippen molar-refractivity contribution in [1.29, 1.82) is 0 Å². The second-order valence-electron chi connectivity index (χ2n) is 8.31. The van der Waals surface area contributed by atoms with E-state index < -0.39 is 0 Å². The molecular weight excluding hydrogens is 445 g/mol. The van der Waals surface area contributed by atoms with Gasteiger partial charge in [-0.2, -0.15) is 0 Å². The van der Waals surface area contributed by atoms with Crippen LogP contribution in [0.3, 0.4) is 0 Å². The van der Waals surface area contributed by atoms with Crippen LogP contribution < -0.4 is 4.74 Å². The van der Waals surface area contributed by atoms with Gasteiger partial charge in [-0.15, -0.1) is 11.3 Å². The predicted octanol–water partition coefficient (Wildman–Crippen LogP) is 2.57. The van der Waals surface area contributed by atoms with E-state index in [1.165, 1.54) is 23.9 Å². The molecule has 7 nitrogen and oxygen atoms in total. The summed E-state index contributed by atoms with van der Waals surface area (Å²) in [5, 5.41) is 2.04. The first-order chi connectivity index (χ1) is 16.0. The van der Waals surface area contributed by atoms with Gasteiger partial charge in [0.05, 0.1) is 25.8 Å². The number of morpholine rings is 1. The first-order valence-electron chi connectivity index (χ1n) is 11.3. The molecule has 1 saturated heterocycles. The molecule has 33 heavy (non-hydrogen) atoms. The van der Waals surface area contributed by atoms with Gasteiger partial charge in [0, 0.05) is 44.5 Å². The first-order valence-corrected chi connectivity index (χ1v) is 12.2. The van der Waals surface area contributed by atoms with Crippen LogP contribution in [0.5, 0.6) is 5.75 Å². The van der Waals surface area contributed by atoms with Crippen molar-refractivity contribution >= 4 is 23.2 Å². The highest BCUT2D eigenvalue weighted by molar-refractivity contribution is 7.10. The maximum Gasteiger partial charge on any atom is 0.242 e. The lowest BCUT2D eigenvalue weighted by atomic mass is 10.0. The van der Waals surface area contributed by atoms with Gasteiger partial charge in [0.25, 0.3) is 0 Å². The van der Waals surface area contributed by atoms with Crippen molar-refractivity contribution in [3.63, 3.8) is 0 Å². The molecular formula is C24H30FN3O4S. The van der Waals surface area contributed by atoms with Crippen LogP contribution in [0.25, 0.3) is 0 Å². The van der Waals surface area contributed by atoms with Gasteiger partial charge in [0.1, 0.15) is 18.2 Å². The number of halogens is 1. The summed E-state index contributed by atoms with van der Waals surface area (Å²) >= 11 is 1.69. The fourth-order valence-corrected chi connectivity index (χ4v) is 5.20. The zero-order valence-corrected chi connectivity index (χ0v) is 19.7. The molecule has 178 valence electrons. The van der Waals surface area contributed by atoms with E-state index >= 15 is 0 Å². The lowest BCUT2D eigenvalue weighted by Crippen LogP contribution is -2.49. The monoisotopic (exact) mass is 475 g/mol. The topological polar surface area (TPSA) is 62.3 Å². The molecule has 0 radical (unpaired) electrons. The van der Waals surface area contributed by atoms with Crippen molar-refractivity contribution in [2.75, 3.05) is 59.1 Å². The van der Waals surface area contributed by atoms with Crippen molar-refractivity contribution < 1.29 is 23.5 Å². The number of carbonyl (C=O) groups is 2. The smallest absolute Gasteiger partial charge is 0.242 e.